The average molecular weight is 365 g/mol. The second-order valence-corrected chi connectivity index (χ2v) is 6.79. The monoisotopic (exact) mass is 364 g/mol. The van der Waals surface area contributed by atoms with E-state index in [1.165, 1.54) is 6.92 Å². The number of aromatic nitrogens is 1. The summed E-state index contributed by atoms with van der Waals surface area (Å²) >= 11 is 3.51. The number of nitrogens with zero attached hydrogens (tertiary/aromatic N) is 1. The number of benzene rings is 1. The van der Waals surface area contributed by atoms with Gasteiger partial charge in [-0.3, -0.25) is 4.98 Å². The zero-order valence-electron chi connectivity index (χ0n) is 12.1. The number of halogens is 1. The van der Waals surface area contributed by atoms with Gasteiger partial charge in [0, 0.05) is 27.2 Å². The maximum Gasteiger partial charge on any atom is 0.337 e. The summed E-state index contributed by atoms with van der Waals surface area (Å²) in [7, 11) is 0. The van der Waals surface area contributed by atoms with E-state index in [0.717, 1.165) is 39.6 Å². The number of nitrogens with one attached hydrogen (secondary N) is 1. The minimum Gasteiger partial charge on any atom is -0.479 e. The molecule has 1 saturated carbocycles. The van der Waals surface area contributed by atoms with Gasteiger partial charge in [-0.1, -0.05) is 12.1 Å². The molecule has 116 valence electrons. The standard InChI is InChI=1S/C16H17BrN2O3/c1-16(22,15(20)21)8-18-13-7-12(9-5-6-9)19-14-10(13)3-2-4-11(14)17/h2-4,7,9,22H,5-6,8H2,1H3,(H,18,19)(H,20,21). The van der Waals surface area contributed by atoms with Crippen LogP contribution in [0.1, 0.15) is 31.4 Å². The third-order valence-electron chi connectivity index (χ3n) is 3.89. The van der Waals surface area contributed by atoms with Crippen LogP contribution in [0, 0.1) is 0 Å². The average Bonchev–Trinajstić information content (AvgIpc) is 3.30. The minimum absolute atomic E-state index is 0.0714. The molecule has 3 N–H and O–H groups in total. The lowest BCUT2D eigenvalue weighted by molar-refractivity contribution is -0.155. The van der Waals surface area contributed by atoms with Gasteiger partial charge in [0.1, 0.15) is 0 Å². The highest BCUT2D eigenvalue weighted by Gasteiger charge is 2.30. The molecule has 0 saturated heterocycles. The predicted molar refractivity (Wildman–Crippen MR) is 88.2 cm³/mol. The normalized spacial score (nSPS) is 17.2. The molecule has 0 radical (unpaired) electrons. The molecule has 5 nitrogen and oxygen atoms in total. The molecule has 1 aliphatic rings. The third-order valence-corrected chi connectivity index (χ3v) is 4.53. The molecule has 1 fully saturated rings. The smallest absolute Gasteiger partial charge is 0.337 e. The fourth-order valence-electron chi connectivity index (χ4n) is 2.31. The largest absolute Gasteiger partial charge is 0.479 e. The maximum atomic E-state index is 11.0. The van der Waals surface area contributed by atoms with Crippen molar-refractivity contribution in [3.8, 4) is 0 Å². The molecule has 1 aromatic heterocycles. The van der Waals surface area contributed by atoms with Crippen LogP contribution in [0.25, 0.3) is 10.9 Å². The van der Waals surface area contributed by atoms with E-state index < -0.39 is 11.6 Å². The van der Waals surface area contributed by atoms with Crippen LogP contribution in [-0.4, -0.2) is 33.3 Å². The first kappa shape index (κ1) is 15.2. The van der Waals surface area contributed by atoms with Crippen LogP contribution in [0.3, 0.4) is 0 Å². The van der Waals surface area contributed by atoms with Gasteiger partial charge in [0.2, 0.25) is 0 Å². The summed E-state index contributed by atoms with van der Waals surface area (Å²) < 4.78 is 0.903. The number of carbonyl (C=O) groups is 1. The van der Waals surface area contributed by atoms with Gasteiger partial charge in [-0.25, -0.2) is 4.79 Å². The van der Waals surface area contributed by atoms with Gasteiger partial charge in [0.15, 0.2) is 5.60 Å². The number of carboxylic acid groups (broad SMARTS) is 1. The number of fused-ring (bicyclic) bond motifs is 1. The number of para-hydroxylation sites is 1. The predicted octanol–water partition coefficient (Wildman–Crippen LogP) is 3.12. The Bertz CT molecular complexity index is 741. The second-order valence-electron chi connectivity index (χ2n) is 5.94. The van der Waals surface area contributed by atoms with Crippen LogP contribution < -0.4 is 5.32 Å². The SMILES string of the molecule is CC(O)(CNc1cc(C2CC2)nc2c(Br)cccc12)C(=O)O. The molecule has 3 rings (SSSR count). The molecule has 2 aromatic rings. The molecule has 22 heavy (non-hydrogen) atoms. The Balaban J connectivity index is 2.00. The molecule has 1 unspecified atom stereocenters. The molecule has 0 bridgehead atoms. The van der Waals surface area contributed by atoms with E-state index in [9.17, 15) is 9.90 Å². The Labute approximate surface area is 136 Å². The number of aliphatic carboxylic acids is 1. The van der Waals surface area contributed by atoms with Crippen molar-refractivity contribution in [1.29, 1.82) is 0 Å². The zero-order valence-corrected chi connectivity index (χ0v) is 13.7. The van der Waals surface area contributed by atoms with Gasteiger partial charge in [0.25, 0.3) is 0 Å². The first-order chi connectivity index (χ1) is 10.4. The Hall–Kier alpha value is -1.66. The highest BCUT2D eigenvalue weighted by atomic mass is 79.9. The second kappa shape index (κ2) is 5.52. The number of hydrogen-bond donors (Lipinski definition) is 3. The van der Waals surface area contributed by atoms with Crippen LogP contribution in [0.4, 0.5) is 5.69 Å². The number of rotatable bonds is 5. The van der Waals surface area contributed by atoms with E-state index in [1.807, 2.05) is 24.3 Å². The van der Waals surface area contributed by atoms with Crippen molar-refractivity contribution in [2.75, 3.05) is 11.9 Å². The maximum absolute atomic E-state index is 11.0. The van der Waals surface area contributed by atoms with E-state index >= 15 is 0 Å². The van der Waals surface area contributed by atoms with Crippen molar-refractivity contribution in [2.45, 2.75) is 31.3 Å². The van der Waals surface area contributed by atoms with Crippen LogP contribution in [0.2, 0.25) is 0 Å². The van der Waals surface area contributed by atoms with Crippen molar-refractivity contribution in [2.24, 2.45) is 0 Å². The molecule has 0 aliphatic heterocycles. The molecule has 0 amide bonds. The molecule has 1 aromatic carbocycles. The van der Waals surface area contributed by atoms with Crippen molar-refractivity contribution >= 4 is 38.5 Å². The molecule has 0 spiro atoms. The van der Waals surface area contributed by atoms with Crippen molar-refractivity contribution < 1.29 is 15.0 Å². The summed E-state index contributed by atoms with van der Waals surface area (Å²) in [6.45, 7) is 1.21. The highest BCUT2D eigenvalue weighted by molar-refractivity contribution is 9.10. The zero-order chi connectivity index (χ0) is 15.9. The molecular weight excluding hydrogens is 348 g/mol. The Kier molecular flexibility index (Phi) is 3.82. The van der Waals surface area contributed by atoms with E-state index in [2.05, 4.69) is 21.2 Å². The van der Waals surface area contributed by atoms with Gasteiger partial charge >= 0.3 is 5.97 Å². The summed E-state index contributed by atoms with van der Waals surface area (Å²) in [4.78, 5) is 15.7. The first-order valence-corrected chi connectivity index (χ1v) is 7.96. The summed E-state index contributed by atoms with van der Waals surface area (Å²) in [5, 5.41) is 22.9. The van der Waals surface area contributed by atoms with Gasteiger partial charge in [-0.2, -0.15) is 0 Å². The number of anilines is 1. The quantitative estimate of drug-likeness (QED) is 0.759. The number of carboxylic acids is 1. The molecule has 1 heterocycles. The Morgan fingerprint density at radius 2 is 2.23 bits per heavy atom. The topological polar surface area (TPSA) is 82.5 Å². The lowest BCUT2D eigenvalue weighted by Gasteiger charge is -2.20. The highest BCUT2D eigenvalue weighted by Crippen LogP contribution is 2.41. The first-order valence-electron chi connectivity index (χ1n) is 7.17. The van der Waals surface area contributed by atoms with Gasteiger partial charge < -0.3 is 15.5 Å². The van der Waals surface area contributed by atoms with Crippen molar-refractivity contribution in [1.82, 2.24) is 4.98 Å². The fourth-order valence-corrected chi connectivity index (χ4v) is 2.77. The Morgan fingerprint density at radius 3 is 2.86 bits per heavy atom. The van der Waals surface area contributed by atoms with Crippen LogP contribution >= 0.6 is 15.9 Å². The van der Waals surface area contributed by atoms with Crippen LogP contribution in [-0.2, 0) is 4.79 Å². The van der Waals surface area contributed by atoms with Gasteiger partial charge in [0.05, 0.1) is 12.1 Å². The third kappa shape index (κ3) is 2.94. The molecule has 6 heteroatoms. The summed E-state index contributed by atoms with van der Waals surface area (Å²) in [6.07, 6.45) is 2.27. The lowest BCUT2D eigenvalue weighted by Crippen LogP contribution is -2.41. The van der Waals surface area contributed by atoms with E-state index in [-0.39, 0.29) is 6.54 Å². The molecule has 1 atom stereocenters. The van der Waals surface area contributed by atoms with E-state index in [4.69, 9.17) is 10.1 Å². The summed E-state index contributed by atoms with van der Waals surface area (Å²) in [5.74, 6) is -0.765. The number of pyridine rings is 1. The van der Waals surface area contributed by atoms with Crippen molar-refractivity contribution in [3.63, 3.8) is 0 Å². The Morgan fingerprint density at radius 1 is 1.50 bits per heavy atom. The minimum atomic E-state index is -1.82. The summed E-state index contributed by atoms with van der Waals surface area (Å²) in [6, 6.07) is 7.74. The van der Waals surface area contributed by atoms with E-state index in [0.29, 0.717) is 5.92 Å². The van der Waals surface area contributed by atoms with Gasteiger partial charge in [-0.05, 0) is 47.8 Å². The fraction of sp³-hybridized carbons (Fsp3) is 0.375. The number of hydrogen-bond acceptors (Lipinski definition) is 4. The van der Waals surface area contributed by atoms with Gasteiger partial charge in [-0.15, -0.1) is 0 Å². The number of aliphatic hydroxyl groups is 1. The van der Waals surface area contributed by atoms with Crippen molar-refractivity contribution in [3.05, 3.63) is 34.4 Å². The lowest BCUT2D eigenvalue weighted by atomic mass is 10.1. The molecule has 1 aliphatic carbocycles. The van der Waals surface area contributed by atoms with E-state index in [1.54, 1.807) is 0 Å². The molecular formula is C16H17BrN2O3. The van der Waals surface area contributed by atoms with Crippen LogP contribution in [0.15, 0.2) is 28.7 Å². The van der Waals surface area contributed by atoms with Crippen LogP contribution in [0.5, 0.6) is 0 Å². The summed E-state index contributed by atoms with van der Waals surface area (Å²) in [5.41, 5.74) is 0.845.